The molecule has 0 saturated carbocycles. The lowest BCUT2D eigenvalue weighted by Gasteiger charge is -2.19. The molecule has 1 aromatic heterocycles. The maximum absolute atomic E-state index is 12.0. The fourth-order valence-corrected chi connectivity index (χ4v) is 1.52. The van der Waals surface area contributed by atoms with E-state index in [2.05, 4.69) is 4.74 Å². The molecule has 1 heterocycles. The number of hydrogen-bond donors (Lipinski definition) is 0. The van der Waals surface area contributed by atoms with Crippen molar-refractivity contribution in [3.05, 3.63) is 35.8 Å². The van der Waals surface area contributed by atoms with Crippen LogP contribution in [0.5, 0.6) is 0 Å². The number of rotatable bonds is 6. The minimum atomic E-state index is -0.338. The summed E-state index contributed by atoms with van der Waals surface area (Å²) in [4.78, 5) is 24.8. The fraction of sp³-hybridized carbons (Fsp3) is 0.429. The molecule has 5 nitrogen and oxygen atoms in total. The average Bonchev–Trinajstić information content (AvgIpc) is 2.85. The van der Waals surface area contributed by atoms with Crippen LogP contribution in [0.2, 0.25) is 0 Å². The van der Waals surface area contributed by atoms with Crippen LogP contribution in [0.25, 0.3) is 0 Å². The number of nitrogens with zero attached hydrogens (tertiary/aromatic N) is 1. The Hall–Kier alpha value is -2.04. The van der Waals surface area contributed by atoms with E-state index in [9.17, 15) is 9.59 Å². The maximum atomic E-state index is 12.0. The highest BCUT2D eigenvalue weighted by Crippen LogP contribution is 2.08. The Labute approximate surface area is 112 Å². The maximum Gasteiger partial charge on any atom is 0.307 e. The van der Waals surface area contributed by atoms with Gasteiger partial charge >= 0.3 is 5.97 Å². The van der Waals surface area contributed by atoms with Gasteiger partial charge in [-0.1, -0.05) is 5.57 Å². The predicted octanol–water partition coefficient (Wildman–Crippen LogP) is 2.14. The number of ether oxygens (including phenoxy) is 1. The van der Waals surface area contributed by atoms with Crippen molar-refractivity contribution < 1.29 is 18.7 Å². The van der Waals surface area contributed by atoms with E-state index >= 15 is 0 Å². The Kier molecular flexibility index (Phi) is 5.85. The third-order valence-electron chi connectivity index (χ3n) is 2.46. The van der Waals surface area contributed by atoms with Crippen LogP contribution in [0.1, 0.15) is 26.0 Å². The molecule has 0 aliphatic carbocycles. The largest absolute Gasteiger partial charge is 0.469 e. The fourth-order valence-electron chi connectivity index (χ4n) is 1.52. The van der Waals surface area contributed by atoms with Gasteiger partial charge < -0.3 is 14.1 Å². The molecule has 0 fully saturated rings. The SMILES string of the molecule is COC(=O)CCN(Cc1ccco1)C(=O)C=C(C)C. The van der Waals surface area contributed by atoms with E-state index in [0.717, 1.165) is 5.57 Å². The summed E-state index contributed by atoms with van der Waals surface area (Å²) < 4.78 is 9.80. The molecule has 1 aromatic rings. The van der Waals surface area contributed by atoms with Crippen molar-refractivity contribution in [2.45, 2.75) is 26.8 Å². The summed E-state index contributed by atoms with van der Waals surface area (Å²) in [5.74, 6) is 0.204. The molecule has 104 valence electrons. The van der Waals surface area contributed by atoms with Gasteiger partial charge in [-0.05, 0) is 26.0 Å². The first-order chi connectivity index (χ1) is 9.02. The molecule has 19 heavy (non-hydrogen) atoms. The molecule has 0 aliphatic heterocycles. The zero-order chi connectivity index (χ0) is 14.3. The molecule has 0 radical (unpaired) electrons. The topological polar surface area (TPSA) is 59.8 Å². The smallest absolute Gasteiger partial charge is 0.307 e. The van der Waals surface area contributed by atoms with Crippen LogP contribution in [0.4, 0.5) is 0 Å². The van der Waals surface area contributed by atoms with Crippen LogP contribution in [-0.4, -0.2) is 30.4 Å². The molecule has 5 heteroatoms. The zero-order valence-electron chi connectivity index (χ0n) is 11.5. The van der Waals surface area contributed by atoms with Crippen molar-refractivity contribution in [3.8, 4) is 0 Å². The number of amides is 1. The second kappa shape index (κ2) is 7.41. The Morgan fingerprint density at radius 3 is 2.68 bits per heavy atom. The van der Waals surface area contributed by atoms with Gasteiger partial charge in [0.2, 0.25) is 5.91 Å². The van der Waals surface area contributed by atoms with Gasteiger partial charge in [0, 0.05) is 12.6 Å². The highest BCUT2D eigenvalue weighted by Gasteiger charge is 2.15. The first-order valence-electron chi connectivity index (χ1n) is 6.06. The van der Waals surface area contributed by atoms with E-state index in [1.165, 1.54) is 7.11 Å². The Morgan fingerprint density at radius 2 is 2.16 bits per heavy atom. The van der Waals surface area contributed by atoms with Gasteiger partial charge in [-0.25, -0.2) is 0 Å². The van der Waals surface area contributed by atoms with Crippen molar-refractivity contribution in [2.24, 2.45) is 0 Å². The van der Waals surface area contributed by atoms with E-state index in [4.69, 9.17) is 4.42 Å². The number of carbonyl (C=O) groups is 2. The summed E-state index contributed by atoms with van der Waals surface area (Å²) in [6.45, 7) is 4.34. The number of allylic oxidation sites excluding steroid dienone is 1. The molecule has 0 unspecified atom stereocenters. The summed E-state index contributed by atoms with van der Waals surface area (Å²) in [7, 11) is 1.33. The number of esters is 1. The van der Waals surface area contributed by atoms with Crippen molar-refractivity contribution in [2.75, 3.05) is 13.7 Å². The zero-order valence-corrected chi connectivity index (χ0v) is 11.5. The Balaban J connectivity index is 2.69. The third-order valence-corrected chi connectivity index (χ3v) is 2.46. The van der Waals surface area contributed by atoms with Crippen molar-refractivity contribution in [1.29, 1.82) is 0 Å². The molecule has 0 bridgehead atoms. The first kappa shape index (κ1) is 15.0. The van der Waals surface area contributed by atoms with Gasteiger partial charge in [-0.15, -0.1) is 0 Å². The number of methoxy groups -OCH3 is 1. The molecule has 0 N–H and O–H groups in total. The molecule has 0 atom stereocenters. The van der Waals surface area contributed by atoms with Gasteiger partial charge in [-0.2, -0.15) is 0 Å². The number of hydrogen-bond acceptors (Lipinski definition) is 4. The summed E-state index contributed by atoms with van der Waals surface area (Å²) in [5, 5.41) is 0. The van der Waals surface area contributed by atoms with E-state index in [1.54, 1.807) is 29.4 Å². The van der Waals surface area contributed by atoms with Gasteiger partial charge in [0.1, 0.15) is 5.76 Å². The van der Waals surface area contributed by atoms with E-state index < -0.39 is 0 Å². The molecule has 0 aromatic carbocycles. The van der Waals surface area contributed by atoms with Gasteiger partial charge in [0.15, 0.2) is 0 Å². The molecule has 1 rings (SSSR count). The minimum Gasteiger partial charge on any atom is -0.469 e. The van der Waals surface area contributed by atoms with Crippen LogP contribution in [0.3, 0.4) is 0 Å². The van der Waals surface area contributed by atoms with E-state index in [-0.39, 0.29) is 18.3 Å². The lowest BCUT2D eigenvalue weighted by Crippen LogP contribution is -2.31. The van der Waals surface area contributed by atoms with Crippen LogP contribution in [0, 0.1) is 0 Å². The lowest BCUT2D eigenvalue weighted by atomic mass is 10.2. The molecular weight excluding hydrogens is 246 g/mol. The minimum absolute atomic E-state index is 0.139. The van der Waals surface area contributed by atoms with Crippen LogP contribution >= 0.6 is 0 Å². The van der Waals surface area contributed by atoms with Crippen molar-refractivity contribution in [1.82, 2.24) is 4.90 Å². The average molecular weight is 265 g/mol. The predicted molar refractivity (Wildman–Crippen MR) is 70.2 cm³/mol. The molecule has 0 aliphatic rings. The lowest BCUT2D eigenvalue weighted by molar-refractivity contribution is -0.141. The van der Waals surface area contributed by atoms with Crippen molar-refractivity contribution in [3.63, 3.8) is 0 Å². The normalized spacial score (nSPS) is 9.84. The Morgan fingerprint density at radius 1 is 1.42 bits per heavy atom. The molecule has 0 spiro atoms. The summed E-state index contributed by atoms with van der Waals surface area (Å²) in [5.41, 5.74) is 0.910. The quantitative estimate of drug-likeness (QED) is 0.584. The van der Waals surface area contributed by atoms with E-state index in [1.807, 2.05) is 13.8 Å². The van der Waals surface area contributed by atoms with Crippen molar-refractivity contribution >= 4 is 11.9 Å². The highest BCUT2D eigenvalue weighted by atomic mass is 16.5. The first-order valence-corrected chi connectivity index (χ1v) is 6.06. The standard InChI is InChI=1S/C14H19NO4/c1-11(2)9-13(16)15(7-6-14(17)18-3)10-12-5-4-8-19-12/h4-5,8-9H,6-7,10H2,1-3H3. The second-order valence-electron chi connectivity index (χ2n) is 4.39. The molecule has 0 saturated heterocycles. The van der Waals surface area contributed by atoms with Gasteiger partial charge in [-0.3, -0.25) is 9.59 Å². The summed E-state index contributed by atoms with van der Waals surface area (Å²) in [6.07, 6.45) is 3.26. The second-order valence-corrected chi connectivity index (χ2v) is 4.39. The molecular formula is C14H19NO4. The Bertz CT molecular complexity index is 444. The number of carbonyl (C=O) groups excluding carboxylic acids is 2. The molecule has 1 amide bonds. The van der Waals surface area contributed by atoms with Crippen LogP contribution < -0.4 is 0 Å². The van der Waals surface area contributed by atoms with Gasteiger partial charge in [0.05, 0.1) is 26.3 Å². The third kappa shape index (κ3) is 5.42. The summed E-state index contributed by atoms with van der Waals surface area (Å²) >= 11 is 0. The van der Waals surface area contributed by atoms with Crippen LogP contribution in [0.15, 0.2) is 34.5 Å². The van der Waals surface area contributed by atoms with Gasteiger partial charge in [0.25, 0.3) is 0 Å². The highest BCUT2D eigenvalue weighted by molar-refractivity contribution is 5.88. The van der Waals surface area contributed by atoms with E-state index in [0.29, 0.717) is 18.8 Å². The monoisotopic (exact) mass is 265 g/mol. The number of furan rings is 1. The summed E-state index contributed by atoms with van der Waals surface area (Å²) in [6, 6.07) is 3.56. The van der Waals surface area contributed by atoms with Crippen LogP contribution in [-0.2, 0) is 20.9 Å².